The van der Waals surface area contributed by atoms with E-state index in [1.54, 1.807) is 0 Å². The van der Waals surface area contributed by atoms with Gasteiger partial charge in [-0.15, -0.1) is 0 Å². The normalized spacial score (nSPS) is 20.1. The van der Waals surface area contributed by atoms with Gasteiger partial charge < -0.3 is 10.6 Å². The van der Waals surface area contributed by atoms with Crippen LogP contribution in [0.2, 0.25) is 0 Å². The number of hydrogen-bond donors (Lipinski definition) is 2. The number of nitrogens with two attached hydrogens (primary N) is 1. The molecule has 1 aromatic rings. The van der Waals surface area contributed by atoms with Gasteiger partial charge in [0.2, 0.25) is 0 Å². The third-order valence-corrected chi connectivity index (χ3v) is 2.62. The standard InChI is InChI=1S/C10H13N3/c1-7-9-5-3-2-4-8(9)6-13(7)10(11)12/h2-5,7H,6H2,1H3,(H3,11,12). The van der Waals surface area contributed by atoms with Crippen molar-refractivity contribution in [3.63, 3.8) is 0 Å². The van der Waals surface area contributed by atoms with Gasteiger partial charge in [-0.1, -0.05) is 24.3 Å². The zero-order chi connectivity index (χ0) is 9.42. The molecule has 3 heteroatoms. The molecule has 0 bridgehead atoms. The fraction of sp³-hybridized carbons (Fsp3) is 0.300. The van der Waals surface area contributed by atoms with Crippen LogP contribution in [-0.4, -0.2) is 10.9 Å². The predicted molar refractivity (Wildman–Crippen MR) is 52.3 cm³/mol. The fourth-order valence-electron chi connectivity index (χ4n) is 1.87. The molecule has 1 atom stereocenters. The Hall–Kier alpha value is -1.51. The van der Waals surface area contributed by atoms with E-state index in [0.29, 0.717) is 0 Å². The highest BCUT2D eigenvalue weighted by Gasteiger charge is 2.26. The highest BCUT2D eigenvalue weighted by molar-refractivity contribution is 5.76. The molecule has 0 spiro atoms. The maximum absolute atomic E-state index is 7.40. The molecule has 0 aliphatic carbocycles. The summed E-state index contributed by atoms with van der Waals surface area (Å²) in [7, 11) is 0. The Morgan fingerprint density at radius 2 is 2.23 bits per heavy atom. The van der Waals surface area contributed by atoms with Crippen LogP contribution in [-0.2, 0) is 6.54 Å². The fourth-order valence-corrected chi connectivity index (χ4v) is 1.87. The Labute approximate surface area is 77.7 Å². The highest BCUT2D eigenvalue weighted by Crippen LogP contribution is 2.32. The Morgan fingerprint density at radius 3 is 2.85 bits per heavy atom. The van der Waals surface area contributed by atoms with Crippen LogP contribution in [0, 0.1) is 5.41 Å². The largest absolute Gasteiger partial charge is 0.370 e. The van der Waals surface area contributed by atoms with Gasteiger partial charge >= 0.3 is 0 Å². The van der Waals surface area contributed by atoms with E-state index in [1.807, 2.05) is 17.0 Å². The number of fused-ring (bicyclic) bond motifs is 1. The van der Waals surface area contributed by atoms with Gasteiger partial charge in [-0.25, -0.2) is 0 Å². The van der Waals surface area contributed by atoms with E-state index < -0.39 is 0 Å². The van der Waals surface area contributed by atoms with E-state index in [-0.39, 0.29) is 12.0 Å². The second-order valence-electron chi connectivity index (χ2n) is 3.39. The summed E-state index contributed by atoms with van der Waals surface area (Å²) in [4.78, 5) is 1.89. The van der Waals surface area contributed by atoms with Gasteiger partial charge in [0.1, 0.15) is 0 Å². The smallest absolute Gasteiger partial charge is 0.189 e. The van der Waals surface area contributed by atoms with Gasteiger partial charge in [0.05, 0.1) is 6.04 Å². The monoisotopic (exact) mass is 175 g/mol. The van der Waals surface area contributed by atoms with Crippen molar-refractivity contribution < 1.29 is 0 Å². The van der Waals surface area contributed by atoms with Gasteiger partial charge in [-0.05, 0) is 18.1 Å². The van der Waals surface area contributed by atoms with Crippen LogP contribution in [0.15, 0.2) is 24.3 Å². The van der Waals surface area contributed by atoms with Crippen LogP contribution in [0.5, 0.6) is 0 Å². The summed E-state index contributed by atoms with van der Waals surface area (Å²) in [6, 6.07) is 8.49. The number of benzene rings is 1. The molecule has 0 amide bonds. The van der Waals surface area contributed by atoms with Crippen LogP contribution in [0.25, 0.3) is 0 Å². The SMILES string of the molecule is CC1c2ccccc2CN1C(=N)N. The maximum atomic E-state index is 7.40. The molecule has 0 saturated heterocycles. The number of hydrogen-bond acceptors (Lipinski definition) is 1. The maximum Gasteiger partial charge on any atom is 0.189 e. The Bertz CT molecular complexity index is 346. The molecule has 0 fully saturated rings. The van der Waals surface area contributed by atoms with Gasteiger partial charge in [-0.2, -0.15) is 0 Å². The summed E-state index contributed by atoms with van der Waals surface area (Å²) in [6.45, 7) is 2.85. The number of rotatable bonds is 0. The molecule has 1 aliphatic rings. The minimum Gasteiger partial charge on any atom is -0.370 e. The van der Waals surface area contributed by atoms with Gasteiger partial charge in [0.25, 0.3) is 0 Å². The first-order valence-electron chi connectivity index (χ1n) is 4.38. The molecule has 68 valence electrons. The van der Waals surface area contributed by atoms with Crippen molar-refractivity contribution >= 4 is 5.96 Å². The molecule has 1 unspecified atom stereocenters. The second-order valence-corrected chi connectivity index (χ2v) is 3.39. The molecule has 1 aromatic carbocycles. The average Bonchev–Trinajstić information content (AvgIpc) is 2.45. The highest BCUT2D eigenvalue weighted by atomic mass is 15.3. The summed E-state index contributed by atoms with van der Waals surface area (Å²) in [5, 5.41) is 7.40. The van der Waals surface area contributed by atoms with Crippen molar-refractivity contribution in [2.75, 3.05) is 0 Å². The number of nitrogens with one attached hydrogen (secondary N) is 1. The van der Waals surface area contributed by atoms with Crippen molar-refractivity contribution in [2.45, 2.75) is 19.5 Å². The molecule has 2 rings (SSSR count). The van der Waals surface area contributed by atoms with E-state index in [1.165, 1.54) is 11.1 Å². The Kier molecular flexibility index (Phi) is 1.72. The summed E-state index contributed by atoms with van der Waals surface area (Å²) < 4.78 is 0. The number of guanidine groups is 1. The third kappa shape index (κ3) is 1.16. The minimum absolute atomic E-state index is 0.156. The van der Waals surface area contributed by atoms with E-state index in [2.05, 4.69) is 19.1 Å². The van der Waals surface area contributed by atoms with Crippen molar-refractivity contribution in [1.29, 1.82) is 5.41 Å². The van der Waals surface area contributed by atoms with E-state index in [0.717, 1.165) is 6.54 Å². The topological polar surface area (TPSA) is 53.1 Å². The summed E-state index contributed by atoms with van der Waals surface area (Å²) in [6.07, 6.45) is 0. The lowest BCUT2D eigenvalue weighted by Gasteiger charge is -2.21. The van der Waals surface area contributed by atoms with E-state index >= 15 is 0 Å². The first-order chi connectivity index (χ1) is 6.20. The molecule has 3 nitrogen and oxygen atoms in total. The van der Waals surface area contributed by atoms with Crippen LogP contribution in [0.3, 0.4) is 0 Å². The van der Waals surface area contributed by atoms with Crippen molar-refractivity contribution in [1.82, 2.24) is 4.90 Å². The van der Waals surface area contributed by atoms with E-state index in [9.17, 15) is 0 Å². The van der Waals surface area contributed by atoms with Gasteiger partial charge in [0.15, 0.2) is 5.96 Å². The predicted octanol–water partition coefficient (Wildman–Crippen LogP) is 1.46. The Morgan fingerprint density at radius 1 is 1.54 bits per heavy atom. The zero-order valence-electron chi connectivity index (χ0n) is 7.62. The molecule has 3 N–H and O–H groups in total. The summed E-state index contributed by atoms with van der Waals surface area (Å²) >= 11 is 0. The summed E-state index contributed by atoms with van der Waals surface area (Å²) in [5.74, 6) is 0.156. The lowest BCUT2D eigenvalue weighted by Crippen LogP contribution is -2.33. The molecule has 1 aliphatic heterocycles. The van der Waals surface area contributed by atoms with Crippen molar-refractivity contribution in [3.8, 4) is 0 Å². The first kappa shape index (κ1) is 8.10. The zero-order valence-corrected chi connectivity index (χ0v) is 7.62. The van der Waals surface area contributed by atoms with Gasteiger partial charge in [-0.3, -0.25) is 5.41 Å². The van der Waals surface area contributed by atoms with Crippen LogP contribution >= 0.6 is 0 Å². The molecule has 0 saturated carbocycles. The lowest BCUT2D eigenvalue weighted by molar-refractivity contribution is 0.361. The number of nitrogens with zero attached hydrogens (tertiary/aromatic N) is 1. The third-order valence-electron chi connectivity index (χ3n) is 2.62. The molecular formula is C10H13N3. The van der Waals surface area contributed by atoms with Crippen LogP contribution in [0.4, 0.5) is 0 Å². The van der Waals surface area contributed by atoms with Crippen molar-refractivity contribution in [2.24, 2.45) is 5.73 Å². The van der Waals surface area contributed by atoms with Crippen LogP contribution in [0.1, 0.15) is 24.1 Å². The van der Waals surface area contributed by atoms with Crippen molar-refractivity contribution in [3.05, 3.63) is 35.4 Å². The molecule has 13 heavy (non-hydrogen) atoms. The van der Waals surface area contributed by atoms with Crippen LogP contribution < -0.4 is 5.73 Å². The minimum atomic E-state index is 0.156. The van der Waals surface area contributed by atoms with E-state index in [4.69, 9.17) is 11.1 Å². The molecular weight excluding hydrogens is 162 g/mol. The molecule has 0 aromatic heterocycles. The molecule has 0 radical (unpaired) electrons. The Balaban J connectivity index is 2.38. The second kappa shape index (κ2) is 2.76. The van der Waals surface area contributed by atoms with Gasteiger partial charge in [0, 0.05) is 6.54 Å². The lowest BCUT2D eigenvalue weighted by atomic mass is 10.1. The average molecular weight is 175 g/mol. The molecule has 1 heterocycles. The summed E-state index contributed by atoms with van der Waals surface area (Å²) in [5.41, 5.74) is 8.05. The quantitative estimate of drug-likeness (QED) is 0.463. The first-order valence-corrected chi connectivity index (χ1v) is 4.38.